The number of fused-ring (bicyclic) bond motifs is 2. The molecule has 7 nitrogen and oxygen atoms in total. The van der Waals surface area contributed by atoms with Crippen LogP contribution in [0.25, 0.3) is 11.0 Å². The summed E-state index contributed by atoms with van der Waals surface area (Å²) in [6.45, 7) is 0.111. The molecule has 24 heavy (non-hydrogen) atoms. The number of carbonyl (C=O) groups is 1. The number of amides is 1. The SMILES string of the molecule is O=C1OC[C@@H]2C(F)c3c(C4OCCO4)c(F)c(F)c4onc(c34)N12. The van der Waals surface area contributed by atoms with E-state index in [1.54, 1.807) is 0 Å². The summed E-state index contributed by atoms with van der Waals surface area (Å²) in [5, 5.41) is 3.51. The number of rotatable bonds is 1. The molecule has 1 unspecified atom stereocenters. The van der Waals surface area contributed by atoms with Crippen LogP contribution in [0, 0.1) is 11.6 Å². The van der Waals surface area contributed by atoms with Gasteiger partial charge in [0.25, 0.3) is 0 Å². The zero-order chi connectivity index (χ0) is 16.6. The second-order valence-electron chi connectivity index (χ2n) is 5.66. The van der Waals surface area contributed by atoms with E-state index in [0.717, 1.165) is 4.90 Å². The minimum absolute atomic E-state index is 0.0976. The van der Waals surface area contributed by atoms with Gasteiger partial charge in [-0.2, -0.15) is 4.39 Å². The molecule has 0 bridgehead atoms. The van der Waals surface area contributed by atoms with Crippen molar-refractivity contribution in [1.29, 1.82) is 0 Å². The molecule has 0 spiro atoms. The van der Waals surface area contributed by atoms with E-state index in [0.29, 0.717) is 0 Å². The summed E-state index contributed by atoms with van der Waals surface area (Å²) in [5.74, 6) is -2.74. The van der Waals surface area contributed by atoms with Crippen molar-refractivity contribution in [2.24, 2.45) is 0 Å². The van der Waals surface area contributed by atoms with Gasteiger partial charge in [-0.25, -0.2) is 18.5 Å². The van der Waals surface area contributed by atoms with Crippen LogP contribution < -0.4 is 4.90 Å². The molecular formula is C14H9F3N2O5. The largest absolute Gasteiger partial charge is 0.447 e. The topological polar surface area (TPSA) is 74.0 Å². The molecule has 1 aromatic heterocycles. The Morgan fingerprint density at radius 3 is 2.62 bits per heavy atom. The molecule has 3 aliphatic rings. The van der Waals surface area contributed by atoms with Crippen molar-refractivity contribution in [3.63, 3.8) is 0 Å². The first-order valence-electron chi connectivity index (χ1n) is 7.23. The minimum Gasteiger partial charge on any atom is -0.447 e. The number of carbonyl (C=O) groups excluding carboxylic acids is 1. The number of hydrogen-bond donors (Lipinski definition) is 0. The molecule has 2 saturated heterocycles. The molecule has 0 saturated carbocycles. The van der Waals surface area contributed by atoms with Crippen LogP contribution in [0.1, 0.15) is 23.6 Å². The Balaban J connectivity index is 1.87. The van der Waals surface area contributed by atoms with Crippen LogP contribution in [0.4, 0.5) is 23.8 Å². The lowest BCUT2D eigenvalue weighted by atomic mass is 9.90. The van der Waals surface area contributed by atoms with Gasteiger partial charge >= 0.3 is 6.09 Å². The number of anilines is 1. The van der Waals surface area contributed by atoms with Gasteiger partial charge in [0.05, 0.1) is 24.2 Å². The van der Waals surface area contributed by atoms with Crippen molar-refractivity contribution < 1.29 is 36.7 Å². The Morgan fingerprint density at radius 1 is 1.12 bits per heavy atom. The predicted octanol–water partition coefficient (Wildman–Crippen LogP) is 2.50. The average molecular weight is 342 g/mol. The van der Waals surface area contributed by atoms with Crippen LogP contribution in [0.2, 0.25) is 0 Å². The monoisotopic (exact) mass is 342 g/mol. The van der Waals surface area contributed by atoms with E-state index in [9.17, 15) is 13.6 Å². The molecule has 0 radical (unpaired) electrons. The van der Waals surface area contributed by atoms with Gasteiger partial charge in [0.1, 0.15) is 12.6 Å². The van der Waals surface area contributed by atoms with Gasteiger partial charge in [0, 0.05) is 5.56 Å². The fourth-order valence-electron chi connectivity index (χ4n) is 3.44. The number of ether oxygens (including phenoxy) is 3. The quantitative estimate of drug-likeness (QED) is 0.793. The Morgan fingerprint density at radius 2 is 1.88 bits per heavy atom. The van der Waals surface area contributed by atoms with Crippen LogP contribution in [-0.4, -0.2) is 37.1 Å². The lowest BCUT2D eigenvalue weighted by Crippen LogP contribution is -2.40. The van der Waals surface area contributed by atoms with Gasteiger partial charge in [0.2, 0.25) is 11.4 Å². The maximum absolute atomic E-state index is 15.1. The number of hydrogen-bond acceptors (Lipinski definition) is 6. The van der Waals surface area contributed by atoms with E-state index in [-0.39, 0.29) is 42.2 Å². The van der Waals surface area contributed by atoms with E-state index in [1.165, 1.54) is 0 Å². The average Bonchev–Trinajstić information content (AvgIpc) is 3.28. The molecule has 0 aliphatic carbocycles. The van der Waals surface area contributed by atoms with Gasteiger partial charge in [-0.15, -0.1) is 0 Å². The third-order valence-corrected chi connectivity index (χ3v) is 4.47. The van der Waals surface area contributed by atoms with E-state index < -0.39 is 41.8 Å². The summed E-state index contributed by atoms with van der Waals surface area (Å²) in [6.07, 6.45) is -3.88. The third-order valence-electron chi connectivity index (χ3n) is 4.47. The molecule has 1 aromatic carbocycles. The van der Waals surface area contributed by atoms with Crippen LogP contribution in [0.5, 0.6) is 0 Å². The summed E-state index contributed by atoms with van der Waals surface area (Å²) >= 11 is 0. The van der Waals surface area contributed by atoms with Crippen molar-refractivity contribution in [1.82, 2.24) is 5.16 Å². The fraction of sp³-hybridized carbons (Fsp3) is 0.429. The van der Waals surface area contributed by atoms with Crippen LogP contribution in [-0.2, 0) is 14.2 Å². The summed E-state index contributed by atoms with van der Waals surface area (Å²) in [5.41, 5.74) is -1.10. The molecule has 1 amide bonds. The van der Waals surface area contributed by atoms with E-state index in [4.69, 9.17) is 18.7 Å². The highest BCUT2D eigenvalue weighted by Crippen LogP contribution is 2.50. The van der Waals surface area contributed by atoms with Gasteiger partial charge in [-0.3, -0.25) is 0 Å². The van der Waals surface area contributed by atoms with Crippen LogP contribution >= 0.6 is 0 Å². The summed E-state index contributed by atoms with van der Waals surface area (Å²) in [6, 6.07) is -1.04. The number of halogens is 3. The van der Waals surface area contributed by atoms with Crippen molar-refractivity contribution in [2.45, 2.75) is 18.5 Å². The van der Waals surface area contributed by atoms with Crippen molar-refractivity contribution in [3.8, 4) is 0 Å². The summed E-state index contributed by atoms with van der Waals surface area (Å²) < 4.78 is 64.2. The lowest BCUT2D eigenvalue weighted by molar-refractivity contribution is -0.0482. The summed E-state index contributed by atoms with van der Waals surface area (Å²) in [4.78, 5) is 12.8. The normalized spacial score (nSPS) is 26.3. The van der Waals surface area contributed by atoms with Gasteiger partial charge < -0.3 is 18.7 Å². The maximum atomic E-state index is 15.1. The molecule has 2 atom stereocenters. The molecule has 2 fully saturated rings. The Labute approximate surface area is 131 Å². The molecule has 4 heterocycles. The Kier molecular flexibility index (Phi) is 2.70. The molecule has 3 aliphatic heterocycles. The van der Waals surface area contributed by atoms with Crippen molar-refractivity contribution >= 4 is 22.9 Å². The standard InChI is InChI=1S/C14H9F3N2O5/c15-8-4-3-23-14(20)19(4)12-7-5(8)6(13-21-1-2-22-13)9(16)10(17)11(7)24-18-12/h4,8,13H,1-3H2/t4-,8?/m1/s1. The lowest BCUT2D eigenvalue weighted by Gasteiger charge is -2.30. The number of benzene rings is 1. The van der Waals surface area contributed by atoms with Gasteiger partial charge in [-0.05, 0) is 0 Å². The first-order chi connectivity index (χ1) is 11.6. The van der Waals surface area contributed by atoms with Crippen molar-refractivity contribution in [3.05, 3.63) is 22.8 Å². The first-order valence-corrected chi connectivity index (χ1v) is 7.23. The minimum atomic E-state index is -1.83. The van der Waals surface area contributed by atoms with Crippen LogP contribution in [0.15, 0.2) is 4.52 Å². The predicted molar refractivity (Wildman–Crippen MR) is 70.0 cm³/mol. The Bertz CT molecular complexity index is 879. The molecule has 2 aromatic rings. The highest BCUT2D eigenvalue weighted by molar-refractivity contribution is 6.03. The number of aromatic nitrogens is 1. The van der Waals surface area contributed by atoms with Gasteiger partial charge in [0.15, 0.2) is 24.1 Å². The second-order valence-corrected chi connectivity index (χ2v) is 5.66. The first kappa shape index (κ1) is 14.1. The highest BCUT2D eigenvalue weighted by atomic mass is 19.2. The zero-order valence-corrected chi connectivity index (χ0v) is 11.9. The van der Waals surface area contributed by atoms with Crippen molar-refractivity contribution in [2.75, 3.05) is 24.7 Å². The molecule has 10 heteroatoms. The fourth-order valence-corrected chi connectivity index (χ4v) is 3.44. The number of nitrogens with zero attached hydrogens (tertiary/aromatic N) is 2. The Hall–Kier alpha value is -2.33. The molecule has 0 N–H and O–H groups in total. The molecule has 5 rings (SSSR count). The van der Waals surface area contributed by atoms with Crippen LogP contribution in [0.3, 0.4) is 0 Å². The number of cyclic esters (lactones) is 1. The van der Waals surface area contributed by atoms with E-state index >= 15 is 4.39 Å². The zero-order valence-electron chi connectivity index (χ0n) is 11.9. The smallest absolute Gasteiger partial charge is 0.416 e. The van der Waals surface area contributed by atoms with E-state index in [2.05, 4.69) is 5.16 Å². The van der Waals surface area contributed by atoms with E-state index in [1.807, 2.05) is 0 Å². The number of alkyl halides is 1. The second kappa shape index (κ2) is 4.61. The molecular weight excluding hydrogens is 333 g/mol. The third kappa shape index (κ3) is 1.54. The maximum Gasteiger partial charge on any atom is 0.416 e. The van der Waals surface area contributed by atoms with Gasteiger partial charge in [-0.1, -0.05) is 5.16 Å². The molecule has 126 valence electrons. The summed E-state index contributed by atoms with van der Waals surface area (Å²) in [7, 11) is 0. The highest BCUT2D eigenvalue weighted by Gasteiger charge is 2.50.